The topological polar surface area (TPSA) is 79.3 Å². The van der Waals surface area contributed by atoms with Gasteiger partial charge >= 0.3 is 0 Å². The molecule has 7 nitrogen and oxygen atoms in total. The second-order valence-electron chi connectivity index (χ2n) is 9.55. The summed E-state index contributed by atoms with van der Waals surface area (Å²) in [4.78, 5) is 33.1. The third kappa shape index (κ3) is 4.98. The van der Waals surface area contributed by atoms with Gasteiger partial charge in [0.15, 0.2) is 5.69 Å². The third-order valence-electron chi connectivity index (χ3n) is 5.88. The zero-order valence-corrected chi connectivity index (χ0v) is 19.5. The van der Waals surface area contributed by atoms with E-state index in [2.05, 4.69) is 33.9 Å². The standard InChI is InChI=1S/C24H35N5O2/c1-16(2)28-13-10-14-29-18(15-28)19(26-21(29)17-11-8-7-9-12-17)22(30)27-20(23(31)25-6)24(3,4)5/h7-9,11-12,16,20H,10,13-15H2,1-6H3,(H,25,31)(H,27,30)/t20-/m1/s1. The fourth-order valence-electron chi connectivity index (χ4n) is 4.04. The highest BCUT2D eigenvalue weighted by molar-refractivity contribution is 5.97. The maximum absolute atomic E-state index is 13.4. The van der Waals surface area contributed by atoms with Gasteiger partial charge in [-0.15, -0.1) is 0 Å². The fourth-order valence-corrected chi connectivity index (χ4v) is 4.04. The molecule has 0 saturated carbocycles. The molecule has 0 spiro atoms. The summed E-state index contributed by atoms with van der Waals surface area (Å²) in [7, 11) is 1.59. The molecule has 3 rings (SSSR count). The number of amides is 2. The molecule has 0 bridgehead atoms. The van der Waals surface area contributed by atoms with E-state index in [1.54, 1.807) is 7.05 Å². The van der Waals surface area contributed by atoms with Gasteiger partial charge in [-0.05, 0) is 25.7 Å². The van der Waals surface area contributed by atoms with Gasteiger partial charge in [0, 0.05) is 38.3 Å². The monoisotopic (exact) mass is 425 g/mol. The van der Waals surface area contributed by atoms with Crippen molar-refractivity contribution in [3.63, 3.8) is 0 Å². The number of imidazole rings is 1. The predicted molar refractivity (Wildman–Crippen MR) is 123 cm³/mol. The van der Waals surface area contributed by atoms with Crippen molar-refractivity contribution in [3.05, 3.63) is 41.7 Å². The molecule has 1 atom stereocenters. The van der Waals surface area contributed by atoms with Crippen LogP contribution in [0.5, 0.6) is 0 Å². The quantitative estimate of drug-likeness (QED) is 0.772. The predicted octanol–water partition coefficient (Wildman–Crippen LogP) is 3.05. The summed E-state index contributed by atoms with van der Waals surface area (Å²) in [6.45, 7) is 12.6. The van der Waals surface area contributed by atoms with E-state index in [9.17, 15) is 9.59 Å². The minimum Gasteiger partial charge on any atom is -0.357 e. The minimum absolute atomic E-state index is 0.210. The fraction of sp³-hybridized carbons (Fsp3) is 0.542. The molecule has 0 saturated heterocycles. The van der Waals surface area contributed by atoms with Gasteiger partial charge in [0.1, 0.15) is 11.9 Å². The van der Waals surface area contributed by atoms with Crippen LogP contribution in [0.4, 0.5) is 0 Å². The van der Waals surface area contributed by atoms with E-state index in [4.69, 9.17) is 4.98 Å². The number of fused-ring (bicyclic) bond motifs is 1. The van der Waals surface area contributed by atoms with E-state index in [0.717, 1.165) is 36.6 Å². The van der Waals surface area contributed by atoms with Gasteiger partial charge in [0.05, 0.1) is 5.69 Å². The molecule has 1 aromatic carbocycles. The minimum atomic E-state index is -0.658. The first-order valence-corrected chi connectivity index (χ1v) is 11.0. The average Bonchev–Trinajstić information content (AvgIpc) is 2.93. The number of nitrogens with one attached hydrogen (secondary N) is 2. The van der Waals surface area contributed by atoms with Gasteiger partial charge in [0.2, 0.25) is 5.91 Å². The van der Waals surface area contributed by atoms with Crippen LogP contribution >= 0.6 is 0 Å². The van der Waals surface area contributed by atoms with Crippen molar-refractivity contribution in [2.24, 2.45) is 5.41 Å². The van der Waals surface area contributed by atoms with Crippen molar-refractivity contribution in [1.82, 2.24) is 25.1 Å². The maximum atomic E-state index is 13.4. The number of carbonyl (C=O) groups is 2. The van der Waals surface area contributed by atoms with Crippen molar-refractivity contribution >= 4 is 11.8 Å². The molecule has 1 aliphatic heterocycles. The summed E-state index contributed by atoms with van der Waals surface area (Å²) in [5, 5.41) is 5.62. The highest BCUT2D eigenvalue weighted by Gasteiger charge is 2.35. The average molecular weight is 426 g/mol. The smallest absolute Gasteiger partial charge is 0.272 e. The Morgan fingerprint density at radius 2 is 1.77 bits per heavy atom. The molecular weight excluding hydrogens is 390 g/mol. The van der Waals surface area contributed by atoms with Gasteiger partial charge in [-0.3, -0.25) is 14.5 Å². The molecule has 0 radical (unpaired) electrons. The number of likely N-dealkylation sites (N-methyl/N-ethyl adjacent to an activating group) is 1. The van der Waals surface area contributed by atoms with Crippen LogP contribution in [0.3, 0.4) is 0 Å². The molecule has 2 aromatic rings. The molecule has 0 fully saturated rings. The molecule has 0 unspecified atom stereocenters. The van der Waals surface area contributed by atoms with E-state index in [0.29, 0.717) is 18.3 Å². The Hall–Kier alpha value is -2.67. The number of hydrogen-bond donors (Lipinski definition) is 2. The summed E-state index contributed by atoms with van der Waals surface area (Å²) < 4.78 is 2.18. The van der Waals surface area contributed by atoms with Crippen LogP contribution in [0, 0.1) is 5.41 Å². The number of carbonyl (C=O) groups excluding carboxylic acids is 2. The van der Waals surface area contributed by atoms with Crippen LogP contribution in [0.1, 0.15) is 57.2 Å². The van der Waals surface area contributed by atoms with E-state index < -0.39 is 11.5 Å². The van der Waals surface area contributed by atoms with Crippen LogP contribution in [0.15, 0.2) is 30.3 Å². The second kappa shape index (κ2) is 9.22. The molecule has 1 aromatic heterocycles. The number of nitrogens with zero attached hydrogens (tertiary/aromatic N) is 3. The zero-order chi connectivity index (χ0) is 22.8. The van der Waals surface area contributed by atoms with Crippen LogP contribution in [0.2, 0.25) is 0 Å². The lowest BCUT2D eigenvalue weighted by molar-refractivity contribution is -0.124. The molecular formula is C24H35N5O2. The molecule has 1 aliphatic rings. The van der Waals surface area contributed by atoms with Crippen LogP contribution in [-0.4, -0.2) is 51.9 Å². The summed E-state index contributed by atoms with van der Waals surface area (Å²) in [6.07, 6.45) is 0.991. The highest BCUT2D eigenvalue weighted by Crippen LogP contribution is 2.28. The van der Waals surface area contributed by atoms with Gasteiger partial charge in [-0.25, -0.2) is 4.98 Å². The lowest BCUT2D eigenvalue weighted by Gasteiger charge is -2.30. The number of benzene rings is 1. The molecule has 2 amide bonds. The van der Waals surface area contributed by atoms with E-state index >= 15 is 0 Å². The van der Waals surface area contributed by atoms with Crippen molar-refractivity contribution in [2.75, 3.05) is 13.6 Å². The molecule has 168 valence electrons. The van der Waals surface area contributed by atoms with Crippen molar-refractivity contribution in [3.8, 4) is 11.4 Å². The largest absolute Gasteiger partial charge is 0.357 e. The Morgan fingerprint density at radius 3 is 2.35 bits per heavy atom. The number of hydrogen-bond acceptors (Lipinski definition) is 4. The third-order valence-corrected chi connectivity index (χ3v) is 5.88. The summed E-state index contributed by atoms with van der Waals surface area (Å²) >= 11 is 0. The van der Waals surface area contributed by atoms with Crippen molar-refractivity contribution in [2.45, 2.75) is 66.2 Å². The summed E-state index contributed by atoms with van der Waals surface area (Å²) in [5.74, 6) is 0.289. The Labute approximate surface area is 185 Å². The Balaban J connectivity index is 2.06. The first kappa shape index (κ1) is 23.0. The maximum Gasteiger partial charge on any atom is 0.272 e. The summed E-state index contributed by atoms with van der Waals surface area (Å²) in [5.41, 5.74) is 1.87. The SMILES string of the molecule is CNC(=O)[C@@H](NC(=O)c1nc(-c2ccccc2)n2c1CN(C(C)C)CCC2)C(C)(C)C. The summed E-state index contributed by atoms with van der Waals surface area (Å²) in [6, 6.07) is 9.68. The molecule has 2 heterocycles. The zero-order valence-electron chi connectivity index (χ0n) is 19.5. The number of aromatic nitrogens is 2. The molecule has 0 aliphatic carbocycles. The van der Waals surface area contributed by atoms with Crippen molar-refractivity contribution in [1.29, 1.82) is 0 Å². The Kier molecular flexibility index (Phi) is 6.84. The van der Waals surface area contributed by atoms with Gasteiger partial charge < -0.3 is 15.2 Å². The lowest BCUT2D eigenvalue weighted by atomic mass is 9.86. The highest BCUT2D eigenvalue weighted by atomic mass is 16.2. The van der Waals surface area contributed by atoms with Gasteiger partial charge in [0.25, 0.3) is 5.91 Å². The molecule has 2 N–H and O–H groups in total. The Morgan fingerprint density at radius 1 is 1.10 bits per heavy atom. The van der Waals surface area contributed by atoms with E-state index in [-0.39, 0.29) is 11.8 Å². The number of rotatable bonds is 5. The first-order valence-electron chi connectivity index (χ1n) is 11.0. The normalized spacial score (nSPS) is 15.8. The van der Waals surface area contributed by atoms with E-state index in [1.807, 2.05) is 51.1 Å². The van der Waals surface area contributed by atoms with Gasteiger partial charge in [-0.1, -0.05) is 51.1 Å². The van der Waals surface area contributed by atoms with Crippen LogP contribution < -0.4 is 10.6 Å². The lowest BCUT2D eigenvalue weighted by Crippen LogP contribution is -2.53. The van der Waals surface area contributed by atoms with Crippen LogP contribution in [-0.2, 0) is 17.9 Å². The van der Waals surface area contributed by atoms with Gasteiger partial charge in [-0.2, -0.15) is 0 Å². The Bertz CT molecular complexity index is 927. The first-order chi connectivity index (χ1) is 14.6. The molecule has 31 heavy (non-hydrogen) atoms. The van der Waals surface area contributed by atoms with E-state index in [1.165, 1.54) is 0 Å². The second-order valence-corrected chi connectivity index (χ2v) is 9.55. The van der Waals surface area contributed by atoms with Crippen molar-refractivity contribution < 1.29 is 9.59 Å². The molecule has 7 heteroatoms. The van der Waals surface area contributed by atoms with Crippen LogP contribution in [0.25, 0.3) is 11.4 Å².